The molecule has 30 heavy (non-hydrogen) atoms. The lowest BCUT2D eigenvalue weighted by Gasteiger charge is -2.15. The van der Waals surface area contributed by atoms with Crippen molar-refractivity contribution in [1.82, 2.24) is 14.1 Å². The molecule has 0 fully saturated rings. The smallest absolute Gasteiger partial charge is 0.321 e. The summed E-state index contributed by atoms with van der Waals surface area (Å²) >= 11 is 5.92. The summed E-state index contributed by atoms with van der Waals surface area (Å²) in [5.74, 6) is -0.801. The summed E-state index contributed by atoms with van der Waals surface area (Å²) in [5, 5.41) is 14.2. The zero-order chi connectivity index (χ0) is 22.2. The Morgan fingerprint density at radius 2 is 1.97 bits per heavy atom. The molecule has 0 radical (unpaired) electrons. The molecule has 1 amide bonds. The van der Waals surface area contributed by atoms with Crippen molar-refractivity contribution in [2.24, 2.45) is 14.1 Å². The molecule has 0 saturated carbocycles. The van der Waals surface area contributed by atoms with Crippen LogP contribution < -0.4 is 16.6 Å². The van der Waals surface area contributed by atoms with E-state index in [4.69, 9.17) is 11.6 Å². The third-order valence-electron chi connectivity index (χ3n) is 4.71. The number of fused-ring (bicyclic) bond motifs is 1. The van der Waals surface area contributed by atoms with Crippen molar-refractivity contribution < 1.29 is 9.72 Å². The average molecular weight is 432 g/mol. The summed E-state index contributed by atoms with van der Waals surface area (Å²) in [6.07, 6.45) is 2.66. The largest absolute Gasteiger partial charge is 0.332 e. The average Bonchev–Trinajstić information content (AvgIpc) is 2.71. The van der Waals surface area contributed by atoms with Gasteiger partial charge < -0.3 is 5.32 Å². The van der Waals surface area contributed by atoms with Gasteiger partial charge in [0.2, 0.25) is 0 Å². The Labute approximate surface area is 174 Å². The van der Waals surface area contributed by atoms with Crippen LogP contribution in [0.1, 0.15) is 29.3 Å². The maximum atomic E-state index is 13.0. The van der Waals surface area contributed by atoms with Crippen LogP contribution in [0.15, 0.2) is 34.0 Å². The van der Waals surface area contributed by atoms with E-state index >= 15 is 0 Å². The van der Waals surface area contributed by atoms with Gasteiger partial charge in [-0.05, 0) is 24.1 Å². The van der Waals surface area contributed by atoms with Crippen LogP contribution >= 0.6 is 11.6 Å². The zero-order valence-corrected chi connectivity index (χ0v) is 17.2. The Kier molecular flexibility index (Phi) is 5.70. The van der Waals surface area contributed by atoms with Gasteiger partial charge in [0.25, 0.3) is 17.2 Å². The van der Waals surface area contributed by atoms with Crippen LogP contribution in [0.4, 0.5) is 11.4 Å². The Morgan fingerprint density at radius 1 is 1.27 bits per heavy atom. The van der Waals surface area contributed by atoms with E-state index in [-0.39, 0.29) is 27.3 Å². The van der Waals surface area contributed by atoms with Gasteiger partial charge in [-0.1, -0.05) is 24.9 Å². The topological polar surface area (TPSA) is 129 Å². The lowest BCUT2D eigenvalue weighted by molar-refractivity contribution is -0.385. The molecule has 3 aromatic rings. The van der Waals surface area contributed by atoms with Gasteiger partial charge in [-0.2, -0.15) is 0 Å². The molecule has 2 aromatic heterocycles. The molecule has 3 rings (SSSR count). The molecule has 1 aromatic carbocycles. The molecule has 0 aliphatic rings. The number of nitrogens with one attached hydrogen (secondary N) is 1. The second-order valence-electron chi connectivity index (χ2n) is 6.69. The number of pyridine rings is 1. The molecule has 156 valence electrons. The zero-order valence-electron chi connectivity index (χ0n) is 16.4. The summed E-state index contributed by atoms with van der Waals surface area (Å²) in [4.78, 5) is 52.9. The number of carbonyl (C=O) groups excluding carboxylic acids is 1. The number of aromatic nitrogens is 3. The highest BCUT2D eigenvalue weighted by atomic mass is 35.5. The number of aryl methyl sites for hydroxylation is 2. The van der Waals surface area contributed by atoms with Gasteiger partial charge in [-0.25, -0.2) is 9.78 Å². The molecular weight excluding hydrogens is 414 g/mol. The van der Waals surface area contributed by atoms with E-state index < -0.39 is 27.8 Å². The monoisotopic (exact) mass is 431 g/mol. The van der Waals surface area contributed by atoms with E-state index in [0.717, 1.165) is 10.6 Å². The van der Waals surface area contributed by atoms with Crippen molar-refractivity contribution in [1.29, 1.82) is 0 Å². The number of halogens is 1. The van der Waals surface area contributed by atoms with Crippen molar-refractivity contribution in [3.05, 3.63) is 71.5 Å². The molecule has 0 atom stereocenters. The maximum Gasteiger partial charge on any atom is 0.332 e. The Morgan fingerprint density at radius 3 is 2.60 bits per heavy atom. The predicted octanol–water partition coefficient (Wildman–Crippen LogP) is 2.40. The summed E-state index contributed by atoms with van der Waals surface area (Å²) in [6.45, 7) is 1.91. The number of nitro benzene ring substituents is 1. The van der Waals surface area contributed by atoms with E-state index in [0.29, 0.717) is 18.4 Å². The van der Waals surface area contributed by atoms with Crippen molar-refractivity contribution in [3.8, 4) is 0 Å². The highest BCUT2D eigenvalue weighted by Crippen LogP contribution is 2.27. The number of rotatable bonds is 5. The highest BCUT2D eigenvalue weighted by molar-refractivity contribution is 6.31. The third-order valence-corrected chi connectivity index (χ3v) is 4.94. The van der Waals surface area contributed by atoms with Gasteiger partial charge >= 0.3 is 5.69 Å². The van der Waals surface area contributed by atoms with Gasteiger partial charge in [0.1, 0.15) is 10.9 Å². The normalized spacial score (nSPS) is 10.9. The first-order chi connectivity index (χ1) is 14.2. The van der Waals surface area contributed by atoms with Crippen LogP contribution in [0.3, 0.4) is 0 Å². The molecule has 1 N–H and O–H groups in total. The Bertz CT molecular complexity index is 1310. The summed E-state index contributed by atoms with van der Waals surface area (Å²) in [6, 6.07) is 3.63. The van der Waals surface area contributed by atoms with Crippen molar-refractivity contribution in [2.45, 2.75) is 19.8 Å². The molecule has 0 spiro atoms. The first-order valence-electron chi connectivity index (χ1n) is 9.00. The number of hydrogen-bond acceptors (Lipinski definition) is 6. The second kappa shape index (κ2) is 8.07. The number of amides is 1. The molecule has 0 aliphatic heterocycles. The minimum Gasteiger partial charge on any atom is -0.321 e. The van der Waals surface area contributed by atoms with Crippen molar-refractivity contribution >= 4 is 39.9 Å². The van der Waals surface area contributed by atoms with E-state index in [1.165, 1.54) is 37.0 Å². The highest BCUT2D eigenvalue weighted by Gasteiger charge is 2.24. The molecule has 0 aliphatic carbocycles. The van der Waals surface area contributed by atoms with Gasteiger partial charge in [0.05, 0.1) is 10.6 Å². The first-order valence-corrected chi connectivity index (χ1v) is 9.38. The molecule has 2 heterocycles. The van der Waals surface area contributed by atoms with E-state index in [1.54, 1.807) is 0 Å². The summed E-state index contributed by atoms with van der Waals surface area (Å²) in [5.41, 5.74) is -1.04. The molecule has 0 saturated heterocycles. The van der Waals surface area contributed by atoms with Crippen LogP contribution in [-0.2, 0) is 20.5 Å². The number of nitro groups is 1. The lowest BCUT2D eigenvalue weighted by atomic mass is 10.1. The standard InChI is InChI=1S/C19H18ClN5O5/c1-4-5-10-9-21-16-14(18(27)24(3)19(28)23(16)2)15(10)22-17(26)12-8-11(20)6-7-13(12)25(29)30/h6-9H,4-5H2,1-3H3,(H,21,22,26). The fourth-order valence-corrected chi connectivity index (χ4v) is 3.37. The number of anilines is 1. The molecule has 0 bridgehead atoms. The fraction of sp³-hybridized carbons (Fsp3) is 0.263. The number of benzene rings is 1. The van der Waals surface area contributed by atoms with Crippen molar-refractivity contribution in [3.63, 3.8) is 0 Å². The first kappa shape index (κ1) is 21.2. The van der Waals surface area contributed by atoms with Crippen LogP contribution in [-0.4, -0.2) is 24.9 Å². The maximum absolute atomic E-state index is 13.0. The predicted molar refractivity (Wildman–Crippen MR) is 112 cm³/mol. The quantitative estimate of drug-likeness (QED) is 0.487. The summed E-state index contributed by atoms with van der Waals surface area (Å²) < 4.78 is 2.11. The minimum atomic E-state index is -0.801. The van der Waals surface area contributed by atoms with Gasteiger partial charge in [0, 0.05) is 31.4 Å². The molecular formula is C19H18ClN5O5. The van der Waals surface area contributed by atoms with E-state index in [9.17, 15) is 24.5 Å². The SMILES string of the molecule is CCCc1cnc2c(c1NC(=O)c1cc(Cl)ccc1[N+](=O)[O-])c(=O)n(C)c(=O)n2C. The summed E-state index contributed by atoms with van der Waals surface area (Å²) in [7, 11) is 2.79. The second-order valence-corrected chi connectivity index (χ2v) is 7.12. The number of nitrogens with zero attached hydrogens (tertiary/aromatic N) is 4. The van der Waals surface area contributed by atoms with Crippen LogP contribution in [0.5, 0.6) is 0 Å². The Balaban J connectivity index is 2.28. The number of hydrogen-bond donors (Lipinski definition) is 1. The van der Waals surface area contributed by atoms with Gasteiger partial charge in [-0.15, -0.1) is 0 Å². The Hall–Kier alpha value is -3.53. The van der Waals surface area contributed by atoms with Gasteiger partial charge in [-0.3, -0.25) is 28.8 Å². The van der Waals surface area contributed by atoms with Crippen molar-refractivity contribution in [2.75, 3.05) is 5.32 Å². The van der Waals surface area contributed by atoms with Gasteiger partial charge in [0.15, 0.2) is 5.65 Å². The van der Waals surface area contributed by atoms with E-state index in [2.05, 4.69) is 10.3 Å². The molecule has 10 nitrogen and oxygen atoms in total. The third kappa shape index (κ3) is 3.57. The molecule has 11 heteroatoms. The lowest BCUT2D eigenvalue weighted by Crippen LogP contribution is -2.38. The fourth-order valence-electron chi connectivity index (χ4n) is 3.20. The molecule has 0 unspecified atom stereocenters. The van der Waals surface area contributed by atoms with Crippen LogP contribution in [0, 0.1) is 10.1 Å². The van der Waals surface area contributed by atoms with E-state index in [1.807, 2.05) is 6.92 Å². The van der Waals surface area contributed by atoms with Crippen LogP contribution in [0.25, 0.3) is 11.0 Å². The number of carbonyl (C=O) groups is 1. The van der Waals surface area contributed by atoms with Crippen LogP contribution in [0.2, 0.25) is 5.02 Å². The minimum absolute atomic E-state index is 0.0450.